The van der Waals surface area contributed by atoms with Gasteiger partial charge in [-0.05, 0) is 66.1 Å². The highest BCUT2D eigenvalue weighted by atomic mass is 35.5. The van der Waals surface area contributed by atoms with Crippen molar-refractivity contribution < 1.29 is 23.7 Å². The predicted molar refractivity (Wildman–Crippen MR) is 127 cm³/mol. The summed E-state index contributed by atoms with van der Waals surface area (Å²) in [4.78, 5) is 15.3. The van der Waals surface area contributed by atoms with E-state index in [1.54, 1.807) is 45.6 Å². The lowest BCUT2D eigenvalue weighted by Crippen LogP contribution is -2.42. The molecule has 0 saturated carbocycles. The van der Waals surface area contributed by atoms with Crippen LogP contribution in [0.5, 0.6) is 23.0 Å². The van der Waals surface area contributed by atoms with Gasteiger partial charge in [0.15, 0.2) is 23.0 Å². The Kier molecular flexibility index (Phi) is 6.94. The summed E-state index contributed by atoms with van der Waals surface area (Å²) < 4.78 is 22.6. The van der Waals surface area contributed by atoms with Gasteiger partial charge in [0.05, 0.1) is 27.4 Å². The van der Waals surface area contributed by atoms with Crippen molar-refractivity contribution >= 4 is 17.5 Å². The highest BCUT2D eigenvalue weighted by Gasteiger charge is 2.33. The molecule has 0 fully saturated rings. The number of halogens is 1. The van der Waals surface area contributed by atoms with Crippen LogP contribution in [0.2, 0.25) is 5.02 Å². The van der Waals surface area contributed by atoms with Crippen LogP contribution in [0.25, 0.3) is 0 Å². The van der Waals surface area contributed by atoms with E-state index in [-0.39, 0.29) is 18.6 Å². The molecule has 0 aromatic heterocycles. The van der Waals surface area contributed by atoms with Gasteiger partial charge < -0.3 is 23.8 Å². The maximum absolute atomic E-state index is 13.5. The van der Waals surface area contributed by atoms with Crippen LogP contribution in [0, 0.1) is 0 Å². The minimum Gasteiger partial charge on any atom is -0.493 e. The molecule has 1 aliphatic heterocycles. The Morgan fingerprint density at radius 2 is 1.55 bits per heavy atom. The third-order valence-corrected chi connectivity index (χ3v) is 6.07. The van der Waals surface area contributed by atoms with E-state index in [2.05, 4.69) is 0 Å². The molecule has 1 amide bonds. The SMILES string of the molecule is COc1cc2c(cc1OC)C(COc1ccccc1OC)N(C(=O)c1ccc(Cl)cc1)CC2. The molecule has 6 nitrogen and oxygen atoms in total. The minimum absolute atomic E-state index is 0.0827. The number of methoxy groups -OCH3 is 3. The quantitative estimate of drug-likeness (QED) is 0.479. The standard InChI is InChI=1S/C26H26ClNO5/c1-30-22-6-4-5-7-23(22)33-16-21-20-15-25(32-3)24(31-2)14-18(20)12-13-28(21)26(29)17-8-10-19(27)11-9-17/h4-11,14-15,21H,12-13,16H2,1-3H3. The summed E-state index contributed by atoms with van der Waals surface area (Å²) in [5, 5.41) is 0.587. The Labute approximate surface area is 198 Å². The largest absolute Gasteiger partial charge is 0.493 e. The number of carbonyl (C=O) groups excluding carboxylic acids is 1. The van der Waals surface area contributed by atoms with Crippen LogP contribution < -0.4 is 18.9 Å². The van der Waals surface area contributed by atoms with Crippen molar-refractivity contribution in [2.24, 2.45) is 0 Å². The lowest BCUT2D eigenvalue weighted by atomic mass is 9.91. The fourth-order valence-electron chi connectivity index (χ4n) is 4.12. The zero-order chi connectivity index (χ0) is 23.4. The molecular formula is C26H26ClNO5. The van der Waals surface area contributed by atoms with Crippen molar-refractivity contribution in [1.82, 2.24) is 4.90 Å². The molecule has 0 N–H and O–H groups in total. The molecule has 0 spiro atoms. The lowest BCUT2D eigenvalue weighted by Gasteiger charge is -2.37. The zero-order valence-electron chi connectivity index (χ0n) is 18.8. The molecule has 1 aliphatic rings. The number of hydrogen-bond acceptors (Lipinski definition) is 5. The average Bonchev–Trinajstić information content (AvgIpc) is 2.86. The highest BCUT2D eigenvalue weighted by Crippen LogP contribution is 2.39. The molecule has 3 aromatic carbocycles. The molecular weight excluding hydrogens is 442 g/mol. The minimum atomic E-state index is -0.332. The number of benzene rings is 3. The smallest absolute Gasteiger partial charge is 0.254 e. The van der Waals surface area contributed by atoms with Crippen LogP contribution in [0.4, 0.5) is 0 Å². The molecule has 0 aliphatic carbocycles. The number of rotatable bonds is 7. The van der Waals surface area contributed by atoms with Gasteiger partial charge in [-0.25, -0.2) is 0 Å². The summed E-state index contributed by atoms with van der Waals surface area (Å²) in [5.74, 6) is 2.45. The van der Waals surface area contributed by atoms with Gasteiger partial charge in [-0.1, -0.05) is 23.7 Å². The summed E-state index contributed by atoms with van der Waals surface area (Å²) in [7, 11) is 4.82. The summed E-state index contributed by atoms with van der Waals surface area (Å²) in [6.07, 6.45) is 0.695. The van der Waals surface area contributed by atoms with Gasteiger partial charge in [-0.2, -0.15) is 0 Å². The van der Waals surface area contributed by atoms with Gasteiger partial charge in [0.25, 0.3) is 5.91 Å². The van der Waals surface area contributed by atoms with Crippen molar-refractivity contribution in [2.75, 3.05) is 34.5 Å². The zero-order valence-corrected chi connectivity index (χ0v) is 19.6. The van der Waals surface area contributed by atoms with E-state index in [4.69, 9.17) is 30.5 Å². The van der Waals surface area contributed by atoms with Crippen molar-refractivity contribution in [3.8, 4) is 23.0 Å². The Bertz CT molecular complexity index is 1130. The Morgan fingerprint density at radius 1 is 0.909 bits per heavy atom. The van der Waals surface area contributed by atoms with E-state index in [0.29, 0.717) is 46.5 Å². The summed E-state index contributed by atoms with van der Waals surface area (Å²) in [6.45, 7) is 0.798. The molecule has 1 unspecified atom stereocenters. The van der Waals surface area contributed by atoms with Crippen LogP contribution >= 0.6 is 11.6 Å². The number of amides is 1. The third kappa shape index (κ3) is 4.71. The predicted octanol–water partition coefficient (Wildman–Crippen LogP) is 5.18. The topological polar surface area (TPSA) is 57.2 Å². The average molecular weight is 468 g/mol. The van der Waals surface area contributed by atoms with Crippen LogP contribution in [-0.2, 0) is 6.42 Å². The monoisotopic (exact) mass is 467 g/mol. The summed E-state index contributed by atoms with van der Waals surface area (Å²) in [6, 6.07) is 18.0. The first-order chi connectivity index (χ1) is 16.0. The Hall–Kier alpha value is -3.38. The van der Waals surface area contributed by atoms with Crippen LogP contribution in [-0.4, -0.2) is 45.3 Å². The van der Waals surface area contributed by atoms with Crippen LogP contribution in [0.1, 0.15) is 27.5 Å². The number of carbonyl (C=O) groups is 1. The summed E-state index contributed by atoms with van der Waals surface area (Å²) >= 11 is 6.02. The van der Waals surface area contributed by atoms with Crippen molar-refractivity contribution in [1.29, 1.82) is 0 Å². The Balaban J connectivity index is 1.71. The first kappa shape index (κ1) is 22.8. The molecule has 4 rings (SSSR count). The number of para-hydroxylation sites is 2. The fourth-order valence-corrected chi connectivity index (χ4v) is 4.24. The second-order valence-corrected chi connectivity index (χ2v) is 8.08. The molecule has 0 radical (unpaired) electrons. The van der Waals surface area contributed by atoms with Crippen molar-refractivity contribution in [3.05, 3.63) is 82.4 Å². The van der Waals surface area contributed by atoms with E-state index in [9.17, 15) is 4.79 Å². The van der Waals surface area contributed by atoms with Crippen molar-refractivity contribution in [2.45, 2.75) is 12.5 Å². The summed E-state index contributed by atoms with van der Waals surface area (Å²) in [5.41, 5.74) is 2.64. The Morgan fingerprint density at radius 3 is 2.21 bits per heavy atom. The van der Waals surface area contributed by atoms with Gasteiger partial charge >= 0.3 is 0 Å². The number of hydrogen-bond donors (Lipinski definition) is 0. The molecule has 0 bridgehead atoms. The molecule has 1 atom stereocenters. The second-order valence-electron chi connectivity index (χ2n) is 7.64. The first-order valence-electron chi connectivity index (χ1n) is 10.6. The molecule has 7 heteroatoms. The molecule has 33 heavy (non-hydrogen) atoms. The molecule has 3 aromatic rings. The van der Waals surface area contributed by atoms with Gasteiger partial charge in [-0.3, -0.25) is 4.79 Å². The highest BCUT2D eigenvalue weighted by molar-refractivity contribution is 6.30. The van der Waals surface area contributed by atoms with Gasteiger partial charge in [0.1, 0.15) is 6.61 Å². The molecule has 172 valence electrons. The first-order valence-corrected chi connectivity index (χ1v) is 11.0. The maximum atomic E-state index is 13.5. The second kappa shape index (κ2) is 10.0. The van der Waals surface area contributed by atoms with Gasteiger partial charge in [0, 0.05) is 17.1 Å². The van der Waals surface area contributed by atoms with Gasteiger partial charge in [-0.15, -0.1) is 0 Å². The normalized spacial score (nSPS) is 14.9. The van der Waals surface area contributed by atoms with Crippen LogP contribution in [0.3, 0.4) is 0 Å². The van der Waals surface area contributed by atoms with E-state index in [1.165, 1.54) is 0 Å². The number of nitrogens with zero attached hydrogens (tertiary/aromatic N) is 1. The van der Waals surface area contributed by atoms with E-state index in [0.717, 1.165) is 11.1 Å². The van der Waals surface area contributed by atoms with Crippen molar-refractivity contribution in [3.63, 3.8) is 0 Å². The van der Waals surface area contributed by atoms with Gasteiger partial charge in [0.2, 0.25) is 0 Å². The third-order valence-electron chi connectivity index (χ3n) is 5.82. The van der Waals surface area contributed by atoms with E-state index < -0.39 is 0 Å². The number of fused-ring (bicyclic) bond motifs is 1. The lowest BCUT2D eigenvalue weighted by molar-refractivity contribution is 0.0587. The number of ether oxygens (including phenoxy) is 4. The molecule has 1 heterocycles. The van der Waals surface area contributed by atoms with Crippen LogP contribution in [0.15, 0.2) is 60.7 Å². The fraction of sp³-hybridized carbons (Fsp3) is 0.269. The molecule has 0 saturated heterocycles. The van der Waals surface area contributed by atoms with E-state index in [1.807, 2.05) is 41.3 Å². The maximum Gasteiger partial charge on any atom is 0.254 e. The van der Waals surface area contributed by atoms with E-state index >= 15 is 0 Å².